The molecular formula is C17H23NO2. The maximum Gasteiger partial charge on any atom is 0.224 e. The number of aliphatic hydroxyl groups is 1. The zero-order chi connectivity index (χ0) is 14.1. The molecule has 108 valence electrons. The molecule has 0 spiro atoms. The van der Waals surface area contributed by atoms with Gasteiger partial charge in [-0.15, -0.1) is 0 Å². The van der Waals surface area contributed by atoms with Gasteiger partial charge in [-0.3, -0.25) is 4.79 Å². The molecule has 1 amide bonds. The fourth-order valence-corrected chi connectivity index (χ4v) is 3.92. The van der Waals surface area contributed by atoms with Crippen LogP contribution in [0.4, 0.5) is 5.69 Å². The van der Waals surface area contributed by atoms with Crippen LogP contribution in [0.25, 0.3) is 0 Å². The molecule has 2 fully saturated rings. The molecule has 0 heterocycles. The first-order valence-electron chi connectivity index (χ1n) is 7.69. The Kier molecular flexibility index (Phi) is 3.79. The van der Waals surface area contributed by atoms with Crippen molar-refractivity contribution in [1.82, 2.24) is 0 Å². The van der Waals surface area contributed by atoms with Gasteiger partial charge in [-0.05, 0) is 61.6 Å². The Labute approximate surface area is 120 Å². The molecule has 3 nitrogen and oxygen atoms in total. The second-order valence-electron chi connectivity index (χ2n) is 6.49. The third-order valence-electron chi connectivity index (χ3n) is 5.01. The van der Waals surface area contributed by atoms with E-state index in [9.17, 15) is 9.90 Å². The molecule has 2 N–H and O–H groups in total. The van der Waals surface area contributed by atoms with E-state index in [0.29, 0.717) is 12.3 Å². The van der Waals surface area contributed by atoms with Crippen molar-refractivity contribution in [3.05, 3.63) is 29.8 Å². The predicted molar refractivity (Wildman–Crippen MR) is 79.3 cm³/mol. The number of amides is 1. The second kappa shape index (κ2) is 5.57. The monoisotopic (exact) mass is 273 g/mol. The van der Waals surface area contributed by atoms with Gasteiger partial charge in [0.1, 0.15) is 0 Å². The topological polar surface area (TPSA) is 49.3 Å². The Hall–Kier alpha value is -1.35. The summed E-state index contributed by atoms with van der Waals surface area (Å²) in [6.07, 6.45) is 5.50. The summed E-state index contributed by atoms with van der Waals surface area (Å²) in [4.78, 5) is 12.1. The minimum atomic E-state index is -0.464. The summed E-state index contributed by atoms with van der Waals surface area (Å²) in [6.45, 7) is 1.74. The summed E-state index contributed by atoms with van der Waals surface area (Å²) in [6, 6.07) is 7.44. The third-order valence-corrected chi connectivity index (χ3v) is 5.01. The molecule has 2 aliphatic carbocycles. The van der Waals surface area contributed by atoms with Gasteiger partial charge in [-0.1, -0.05) is 18.6 Å². The molecule has 4 atom stereocenters. The van der Waals surface area contributed by atoms with E-state index < -0.39 is 6.10 Å². The molecule has 3 rings (SSSR count). The Balaban J connectivity index is 1.53. The number of nitrogens with one attached hydrogen (secondary N) is 1. The van der Waals surface area contributed by atoms with Crippen LogP contribution in [-0.2, 0) is 4.79 Å². The predicted octanol–water partition coefficient (Wildman–Crippen LogP) is 3.50. The van der Waals surface area contributed by atoms with E-state index in [4.69, 9.17) is 0 Å². The summed E-state index contributed by atoms with van der Waals surface area (Å²) < 4.78 is 0. The Morgan fingerprint density at radius 2 is 2.05 bits per heavy atom. The van der Waals surface area contributed by atoms with Crippen LogP contribution in [0.3, 0.4) is 0 Å². The lowest BCUT2D eigenvalue weighted by molar-refractivity contribution is -0.117. The summed E-state index contributed by atoms with van der Waals surface area (Å²) in [5.74, 6) is 2.42. The second-order valence-corrected chi connectivity index (χ2v) is 6.49. The van der Waals surface area contributed by atoms with E-state index in [-0.39, 0.29) is 5.91 Å². The normalized spacial score (nSPS) is 29.4. The van der Waals surface area contributed by atoms with Crippen LogP contribution in [0.2, 0.25) is 0 Å². The van der Waals surface area contributed by atoms with Gasteiger partial charge in [0, 0.05) is 12.1 Å². The minimum absolute atomic E-state index is 0.132. The first-order chi connectivity index (χ1) is 9.61. The van der Waals surface area contributed by atoms with Crippen LogP contribution in [0, 0.1) is 17.8 Å². The first kappa shape index (κ1) is 13.6. The Morgan fingerprint density at radius 3 is 2.60 bits per heavy atom. The fraction of sp³-hybridized carbons (Fsp3) is 0.588. The number of carbonyl (C=O) groups excluding carboxylic acids is 1. The first-order valence-corrected chi connectivity index (χ1v) is 7.69. The van der Waals surface area contributed by atoms with E-state index in [1.165, 1.54) is 25.7 Å². The smallest absolute Gasteiger partial charge is 0.224 e. The molecule has 3 heteroatoms. The molecule has 0 aromatic heterocycles. The zero-order valence-electron chi connectivity index (χ0n) is 12.0. The van der Waals surface area contributed by atoms with Gasteiger partial charge in [0.05, 0.1) is 6.10 Å². The number of benzene rings is 1. The third kappa shape index (κ3) is 2.88. The number of carbonyl (C=O) groups is 1. The van der Waals surface area contributed by atoms with E-state index in [1.807, 2.05) is 24.3 Å². The minimum Gasteiger partial charge on any atom is -0.389 e. The summed E-state index contributed by atoms with van der Waals surface area (Å²) in [7, 11) is 0. The summed E-state index contributed by atoms with van der Waals surface area (Å²) in [5.41, 5.74) is 1.69. The molecule has 2 aliphatic rings. The maximum absolute atomic E-state index is 12.1. The van der Waals surface area contributed by atoms with Crippen molar-refractivity contribution < 1.29 is 9.90 Å². The SMILES string of the molecule is CC(O)c1ccc(NC(=O)CC2CC3CCC2C3)cc1. The average molecular weight is 273 g/mol. The highest BCUT2D eigenvalue weighted by Crippen LogP contribution is 2.49. The number of rotatable bonds is 4. The molecule has 4 unspecified atom stereocenters. The van der Waals surface area contributed by atoms with Crippen molar-refractivity contribution in [3.63, 3.8) is 0 Å². The molecule has 2 saturated carbocycles. The Bertz CT molecular complexity index is 480. The van der Waals surface area contributed by atoms with E-state index >= 15 is 0 Å². The standard InChI is InChI=1S/C17H23NO2/c1-11(19)13-4-6-16(7-5-13)18-17(20)10-15-9-12-2-3-14(15)8-12/h4-7,11-12,14-15,19H,2-3,8-10H2,1H3,(H,18,20). The van der Waals surface area contributed by atoms with Crippen molar-refractivity contribution in [3.8, 4) is 0 Å². The number of aliphatic hydroxyl groups excluding tert-OH is 1. The van der Waals surface area contributed by atoms with Crippen LogP contribution >= 0.6 is 0 Å². The average Bonchev–Trinajstić information content (AvgIpc) is 3.01. The fourth-order valence-electron chi connectivity index (χ4n) is 3.92. The Morgan fingerprint density at radius 1 is 1.30 bits per heavy atom. The summed E-state index contributed by atoms with van der Waals surface area (Å²) >= 11 is 0. The highest BCUT2D eigenvalue weighted by Gasteiger charge is 2.40. The highest BCUT2D eigenvalue weighted by molar-refractivity contribution is 5.90. The quantitative estimate of drug-likeness (QED) is 0.882. The van der Waals surface area contributed by atoms with E-state index in [1.54, 1.807) is 6.92 Å². The van der Waals surface area contributed by atoms with Crippen molar-refractivity contribution in [1.29, 1.82) is 0 Å². The van der Waals surface area contributed by atoms with Gasteiger partial charge in [0.15, 0.2) is 0 Å². The van der Waals surface area contributed by atoms with Crippen LogP contribution < -0.4 is 5.32 Å². The molecule has 1 aromatic carbocycles. The molecule has 2 bridgehead atoms. The van der Waals surface area contributed by atoms with Gasteiger partial charge in [0.2, 0.25) is 5.91 Å². The molecular weight excluding hydrogens is 250 g/mol. The van der Waals surface area contributed by atoms with Gasteiger partial charge in [-0.25, -0.2) is 0 Å². The molecule has 1 aromatic rings. The zero-order valence-corrected chi connectivity index (χ0v) is 12.0. The van der Waals surface area contributed by atoms with Crippen LogP contribution in [0.5, 0.6) is 0 Å². The number of hydrogen-bond acceptors (Lipinski definition) is 2. The molecule has 20 heavy (non-hydrogen) atoms. The van der Waals surface area contributed by atoms with Crippen molar-refractivity contribution >= 4 is 11.6 Å². The van der Waals surface area contributed by atoms with Crippen LogP contribution in [0.1, 0.15) is 50.7 Å². The maximum atomic E-state index is 12.1. The van der Waals surface area contributed by atoms with Gasteiger partial charge in [0.25, 0.3) is 0 Å². The molecule has 0 saturated heterocycles. The lowest BCUT2D eigenvalue weighted by Crippen LogP contribution is -2.20. The van der Waals surface area contributed by atoms with Crippen LogP contribution in [-0.4, -0.2) is 11.0 Å². The lowest BCUT2D eigenvalue weighted by Gasteiger charge is -2.20. The summed E-state index contributed by atoms with van der Waals surface area (Å²) in [5, 5.41) is 12.4. The van der Waals surface area contributed by atoms with Gasteiger partial charge in [-0.2, -0.15) is 0 Å². The number of anilines is 1. The van der Waals surface area contributed by atoms with E-state index in [0.717, 1.165) is 23.1 Å². The van der Waals surface area contributed by atoms with Crippen molar-refractivity contribution in [2.75, 3.05) is 5.32 Å². The largest absolute Gasteiger partial charge is 0.389 e. The van der Waals surface area contributed by atoms with Gasteiger partial charge < -0.3 is 10.4 Å². The van der Waals surface area contributed by atoms with Crippen molar-refractivity contribution in [2.45, 2.75) is 45.1 Å². The number of hydrogen-bond donors (Lipinski definition) is 2. The lowest BCUT2D eigenvalue weighted by atomic mass is 9.86. The highest BCUT2D eigenvalue weighted by atomic mass is 16.3. The molecule has 0 radical (unpaired) electrons. The van der Waals surface area contributed by atoms with E-state index in [2.05, 4.69) is 5.32 Å². The van der Waals surface area contributed by atoms with Crippen molar-refractivity contribution in [2.24, 2.45) is 17.8 Å². The number of fused-ring (bicyclic) bond motifs is 2. The van der Waals surface area contributed by atoms with Gasteiger partial charge >= 0.3 is 0 Å². The van der Waals surface area contributed by atoms with Crippen LogP contribution in [0.15, 0.2) is 24.3 Å². The molecule has 0 aliphatic heterocycles.